The van der Waals surface area contributed by atoms with Crippen LogP contribution in [0.3, 0.4) is 0 Å². The molecule has 0 radical (unpaired) electrons. The van der Waals surface area contributed by atoms with Gasteiger partial charge in [-0.15, -0.1) is 0 Å². The molecule has 3 aromatic rings. The molecule has 0 bridgehead atoms. The standard InChI is InChI=1S/C27H27NO2/c1-18(2)25-15-22(12-13-26(25)29-17-20-8-5-4-6-9-20)30-27-19(3)14-21(16-28)23-10-7-11-24(23)27/h4-6,8-9,12-15,18H,7,10-11,17H2,1-3H3. The number of benzene rings is 3. The van der Waals surface area contributed by atoms with E-state index in [9.17, 15) is 5.26 Å². The maximum atomic E-state index is 9.46. The van der Waals surface area contributed by atoms with Gasteiger partial charge in [-0.3, -0.25) is 0 Å². The van der Waals surface area contributed by atoms with Gasteiger partial charge in [0.15, 0.2) is 0 Å². The quantitative estimate of drug-likeness (QED) is 0.457. The molecule has 0 spiro atoms. The number of nitrogens with zero attached hydrogens (tertiary/aromatic N) is 1. The third-order valence-corrected chi connectivity index (χ3v) is 5.72. The highest BCUT2D eigenvalue weighted by atomic mass is 16.5. The van der Waals surface area contributed by atoms with Gasteiger partial charge in [0.2, 0.25) is 0 Å². The van der Waals surface area contributed by atoms with Crippen LogP contribution in [0.5, 0.6) is 17.2 Å². The van der Waals surface area contributed by atoms with Crippen LogP contribution in [0, 0.1) is 18.3 Å². The van der Waals surface area contributed by atoms with E-state index in [0.29, 0.717) is 12.5 Å². The first-order valence-corrected chi connectivity index (χ1v) is 10.6. The molecular weight excluding hydrogens is 370 g/mol. The summed E-state index contributed by atoms with van der Waals surface area (Å²) >= 11 is 0. The fraction of sp³-hybridized carbons (Fsp3) is 0.296. The lowest BCUT2D eigenvalue weighted by Crippen LogP contribution is -2.01. The van der Waals surface area contributed by atoms with Crippen molar-refractivity contribution in [3.05, 3.63) is 88.0 Å². The van der Waals surface area contributed by atoms with Crippen LogP contribution in [0.4, 0.5) is 0 Å². The smallest absolute Gasteiger partial charge is 0.133 e. The molecule has 0 atom stereocenters. The molecule has 1 aliphatic carbocycles. The molecule has 0 heterocycles. The van der Waals surface area contributed by atoms with Gasteiger partial charge in [-0.2, -0.15) is 5.26 Å². The van der Waals surface area contributed by atoms with Crippen molar-refractivity contribution in [2.75, 3.05) is 0 Å². The number of aryl methyl sites for hydroxylation is 1. The fourth-order valence-electron chi connectivity index (χ4n) is 4.17. The lowest BCUT2D eigenvalue weighted by atomic mass is 9.99. The molecule has 152 valence electrons. The molecule has 0 aromatic heterocycles. The van der Waals surface area contributed by atoms with Gasteiger partial charge in [0.05, 0.1) is 11.6 Å². The van der Waals surface area contributed by atoms with Crippen molar-refractivity contribution in [1.82, 2.24) is 0 Å². The molecule has 0 fully saturated rings. The van der Waals surface area contributed by atoms with Gasteiger partial charge in [-0.1, -0.05) is 44.2 Å². The van der Waals surface area contributed by atoms with Gasteiger partial charge in [0.25, 0.3) is 0 Å². The minimum Gasteiger partial charge on any atom is -0.489 e. The zero-order chi connectivity index (χ0) is 21.1. The number of fused-ring (bicyclic) bond motifs is 1. The SMILES string of the molecule is Cc1cc(C#N)c2c(c1Oc1ccc(OCc3ccccc3)c(C(C)C)c1)CCC2. The van der Waals surface area contributed by atoms with Gasteiger partial charge < -0.3 is 9.47 Å². The molecular formula is C27H27NO2. The van der Waals surface area contributed by atoms with Crippen molar-refractivity contribution in [3.63, 3.8) is 0 Å². The van der Waals surface area contributed by atoms with Gasteiger partial charge in [-0.25, -0.2) is 0 Å². The second-order valence-electron chi connectivity index (χ2n) is 8.22. The van der Waals surface area contributed by atoms with Crippen LogP contribution < -0.4 is 9.47 Å². The maximum absolute atomic E-state index is 9.46. The van der Waals surface area contributed by atoms with E-state index >= 15 is 0 Å². The first-order valence-electron chi connectivity index (χ1n) is 10.6. The summed E-state index contributed by atoms with van der Waals surface area (Å²) in [5.74, 6) is 2.93. The highest BCUT2D eigenvalue weighted by Gasteiger charge is 2.22. The van der Waals surface area contributed by atoms with Crippen molar-refractivity contribution in [3.8, 4) is 23.3 Å². The molecule has 0 amide bonds. The number of hydrogen-bond acceptors (Lipinski definition) is 3. The van der Waals surface area contributed by atoms with Crippen molar-refractivity contribution in [2.24, 2.45) is 0 Å². The van der Waals surface area contributed by atoms with Gasteiger partial charge in [-0.05, 0) is 78.6 Å². The minimum absolute atomic E-state index is 0.312. The summed E-state index contributed by atoms with van der Waals surface area (Å²) in [5, 5.41) is 9.46. The van der Waals surface area contributed by atoms with Crippen molar-refractivity contribution in [2.45, 2.75) is 52.6 Å². The highest BCUT2D eigenvalue weighted by molar-refractivity contribution is 5.57. The Hall–Kier alpha value is -3.25. The molecule has 0 saturated carbocycles. The first kappa shape index (κ1) is 20.0. The molecule has 30 heavy (non-hydrogen) atoms. The molecule has 1 aliphatic rings. The average molecular weight is 398 g/mol. The summed E-state index contributed by atoms with van der Waals surface area (Å²) in [4.78, 5) is 0. The molecule has 3 aromatic carbocycles. The summed E-state index contributed by atoms with van der Waals surface area (Å²) in [6.45, 7) is 6.90. The summed E-state index contributed by atoms with van der Waals surface area (Å²) < 4.78 is 12.5. The number of ether oxygens (including phenoxy) is 2. The molecule has 0 aliphatic heterocycles. The van der Waals surface area contributed by atoms with Gasteiger partial charge in [0, 0.05) is 5.56 Å². The zero-order valence-electron chi connectivity index (χ0n) is 17.9. The third-order valence-electron chi connectivity index (χ3n) is 5.72. The van der Waals surface area contributed by atoms with Crippen molar-refractivity contribution >= 4 is 0 Å². The largest absolute Gasteiger partial charge is 0.489 e. The van der Waals surface area contributed by atoms with Crippen LogP contribution in [0.25, 0.3) is 0 Å². The minimum atomic E-state index is 0.312. The average Bonchev–Trinajstić information content (AvgIpc) is 3.25. The normalized spacial score (nSPS) is 12.5. The monoisotopic (exact) mass is 397 g/mol. The molecule has 0 unspecified atom stereocenters. The number of rotatable bonds is 6. The van der Waals surface area contributed by atoms with E-state index in [-0.39, 0.29) is 0 Å². The van der Waals surface area contributed by atoms with Crippen LogP contribution in [0.2, 0.25) is 0 Å². The van der Waals surface area contributed by atoms with Crippen LogP contribution in [0.15, 0.2) is 54.6 Å². The van der Waals surface area contributed by atoms with Crippen LogP contribution in [-0.4, -0.2) is 0 Å². The highest BCUT2D eigenvalue weighted by Crippen LogP contribution is 2.40. The number of nitriles is 1. The van der Waals surface area contributed by atoms with Crippen molar-refractivity contribution in [1.29, 1.82) is 5.26 Å². The van der Waals surface area contributed by atoms with Gasteiger partial charge in [0.1, 0.15) is 23.9 Å². The summed E-state index contributed by atoms with van der Waals surface area (Å²) in [7, 11) is 0. The Kier molecular flexibility index (Phi) is 5.77. The number of hydrogen-bond donors (Lipinski definition) is 0. The lowest BCUT2D eigenvalue weighted by molar-refractivity contribution is 0.301. The molecule has 3 heteroatoms. The Morgan fingerprint density at radius 3 is 2.50 bits per heavy atom. The lowest BCUT2D eigenvalue weighted by Gasteiger charge is -2.18. The summed E-state index contributed by atoms with van der Waals surface area (Å²) in [6.07, 6.45) is 3.00. The van der Waals surface area contributed by atoms with E-state index in [1.165, 1.54) is 5.56 Å². The second kappa shape index (κ2) is 8.63. The predicted molar refractivity (Wildman–Crippen MR) is 119 cm³/mol. The Balaban J connectivity index is 1.61. The van der Waals surface area contributed by atoms with E-state index in [1.807, 2.05) is 43.3 Å². The Labute approximate surface area is 178 Å². The van der Waals surface area contributed by atoms with E-state index in [1.54, 1.807) is 0 Å². The molecule has 0 N–H and O–H groups in total. The van der Waals surface area contributed by atoms with E-state index in [2.05, 4.69) is 38.1 Å². The van der Waals surface area contributed by atoms with Crippen LogP contribution in [-0.2, 0) is 19.4 Å². The molecule has 0 saturated heterocycles. The Bertz CT molecular complexity index is 1090. The summed E-state index contributed by atoms with van der Waals surface area (Å²) in [6, 6.07) is 20.6. The topological polar surface area (TPSA) is 42.2 Å². The zero-order valence-corrected chi connectivity index (χ0v) is 17.9. The Morgan fingerprint density at radius 2 is 1.77 bits per heavy atom. The predicted octanol–water partition coefficient (Wildman–Crippen LogP) is 6.85. The van der Waals surface area contributed by atoms with Crippen molar-refractivity contribution < 1.29 is 9.47 Å². The third kappa shape index (κ3) is 4.04. The summed E-state index contributed by atoms with van der Waals surface area (Å²) in [5.41, 5.74) is 6.44. The maximum Gasteiger partial charge on any atom is 0.133 e. The Morgan fingerprint density at radius 1 is 1.00 bits per heavy atom. The fourth-order valence-corrected chi connectivity index (χ4v) is 4.17. The van der Waals surface area contributed by atoms with Crippen LogP contribution >= 0.6 is 0 Å². The molecule has 3 nitrogen and oxygen atoms in total. The van der Waals surface area contributed by atoms with Crippen LogP contribution in [0.1, 0.15) is 59.6 Å². The van der Waals surface area contributed by atoms with E-state index in [4.69, 9.17) is 9.47 Å². The van der Waals surface area contributed by atoms with Gasteiger partial charge >= 0.3 is 0 Å². The molecule has 4 rings (SSSR count). The second-order valence-corrected chi connectivity index (χ2v) is 8.22. The van der Waals surface area contributed by atoms with E-state index in [0.717, 1.165) is 64.3 Å². The first-order chi connectivity index (χ1) is 14.6. The van der Waals surface area contributed by atoms with E-state index < -0.39 is 0 Å².